The second-order valence-corrected chi connectivity index (χ2v) is 7.31. The van der Waals surface area contributed by atoms with Gasteiger partial charge in [-0.3, -0.25) is 19.8 Å². The molecule has 32 heavy (non-hydrogen) atoms. The summed E-state index contributed by atoms with van der Waals surface area (Å²) < 4.78 is 7.03. The Morgan fingerprint density at radius 3 is 2.59 bits per heavy atom. The Kier molecular flexibility index (Phi) is 5.23. The van der Waals surface area contributed by atoms with Crippen molar-refractivity contribution in [3.05, 3.63) is 82.6 Å². The van der Waals surface area contributed by atoms with Crippen LogP contribution in [0.4, 0.5) is 4.79 Å². The first-order valence-electron chi connectivity index (χ1n) is 9.70. The normalized spacial score (nSPS) is 15.4. The number of aryl methyl sites for hydroxylation is 1. The van der Waals surface area contributed by atoms with Crippen LogP contribution >= 0.6 is 0 Å². The van der Waals surface area contributed by atoms with E-state index in [4.69, 9.17) is 4.42 Å². The van der Waals surface area contributed by atoms with Crippen LogP contribution in [0.2, 0.25) is 0 Å². The SMILES string of the molecule is Cc1cc(C=C2C(=O)NC(=O)N(Cc3ccco3)C2=O)c(C)n1-c1cccc(C(=O)O)c1. The number of rotatable bonds is 5. The van der Waals surface area contributed by atoms with Crippen LogP contribution in [0.3, 0.4) is 0 Å². The maximum atomic E-state index is 12.9. The zero-order valence-corrected chi connectivity index (χ0v) is 17.3. The summed E-state index contributed by atoms with van der Waals surface area (Å²) in [5.41, 5.74) is 2.67. The van der Waals surface area contributed by atoms with Gasteiger partial charge in [-0.1, -0.05) is 6.07 Å². The molecule has 3 aromatic rings. The molecule has 9 nitrogen and oxygen atoms in total. The van der Waals surface area contributed by atoms with Crippen molar-refractivity contribution in [2.45, 2.75) is 20.4 Å². The number of amides is 4. The molecule has 0 unspecified atom stereocenters. The number of imide groups is 2. The molecule has 0 spiro atoms. The predicted octanol–water partition coefficient (Wildman–Crippen LogP) is 3.05. The highest BCUT2D eigenvalue weighted by molar-refractivity contribution is 6.31. The Hall–Kier alpha value is -4.40. The number of furan rings is 1. The number of carboxylic acid groups (broad SMARTS) is 1. The number of benzene rings is 1. The minimum atomic E-state index is -1.04. The fourth-order valence-electron chi connectivity index (χ4n) is 3.66. The molecule has 2 N–H and O–H groups in total. The van der Waals surface area contributed by atoms with Gasteiger partial charge in [0.1, 0.15) is 11.3 Å². The number of urea groups is 1. The Balaban J connectivity index is 1.71. The van der Waals surface area contributed by atoms with Crippen LogP contribution in [-0.4, -0.2) is 38.4 Å². The van der Waals surface area contributed by atoms with Crippen LogP contribution in [0.1, 0.15) is 33.1 Å². The van der Waals surface area contributed by atoms with E-state index in [2.05, 4.69) is 5.32 Å². The number of nitrogens with one attached hydrogen (secondary N) is 1. The fourth-order valence-corrected chi connectivity index (χ4v) is 3.66. The van der Waals surface area contributed by atoms with Gasteiger partial charge in [0.15, 0.2) is 0 Å². The summed E-state index contributed by atoms with van der Waals surface area (Å²) in [5.74, 6) is -2.15. The van der Waals surface area contributed by atoms with Gasteiger partial charge in [-0.2, -0.15) is 0 Å². The van der Waals surface area contributed by atoms with Crippen molar-refractivity contribution in [2.75, 3.05) is 0 Å². The molecule has 1 aromatic carbocycles. The minimum absolute atomic E-state index is 0.108. The van der Waals surface area contributed by atoms with E-state index in [-0.39, 0.29) is 17.7 Å². The number of barbiturate groups is 1. The Bertz CT molecular complexity index is 1280. The maximum absolute atomic E-state index is 12.9. The van der Waals surface area contributed by atoms with Crippen LogP contribution in [0.25, 0.3) is 11.8 Å². The summed E-state index contributed by atoms with van der Waals surface area (Å²) in [6.07, 6.45) is 2.86. The van der Waals surface area contributed by atoms with Crippen LogP contribution in [0, 0.1) is 13.8 Å². The number of nitrogens with zero attached hydrogens (tertiary/aromatic N) is 2. The molecule has 9 heteroatoms. The quantitative estimate of drug-likeness (QED) is 0.471. The topological polar surface area (TPSA) is 122 Å². The van der Waals surface area contributed by atoms with Crippen molar-refractivity contribution >= 4 is 29.9 Å². The van der Waals surface area contributed by atoms with E-state index in [0.717, 1.165) is 10.6 Å². The molecule has 0 saturated carbocycles. The molecule has 4 rings (SSSR count). The van der Waals surface area contributed by atoms with Gasteiger partial charge in [0.05, 0.1) is 18.4 Å². The standard InChI is InChI=1S/C23H19N3O6/c1-13-9-16(14(2)26(13)17-6-3-5-15(10-17)22(29)30)11-19-20(27)24-23(31)25(21(19)28)12-18-7-4-8-32-18/h3-11H,12H2,1-2H3,(H,29,30)(H,24,27,31). The lowest BCUT2D eigenvalue weighted by atomic mass is 10.1. The van der Waals surface area contributed by atoms with Gasteiger partial charge in [-0.25, -0.2) is 9.59 Å². The molecular weight excluding hydrogens is 414 g/mol. The van der Waals surface area contributed by atoms with Gasteiger partial charge in [-0.05, 0) is 61.9 Å². The number of hydrogen-bond donors (Lipinski definition) is 2. The van der Waals surface area contributed by atoms with Crippen LogP contribution in [0.5, 0.6) is 0 Å². The number of aromatic carboxylic acids is 1. The largest absolute Gasteiger partial charge is 0.478 e. The molecule has 2 aromatic heterocycles. The first-order chi connectivity index (χ1) is 15.3. The molecule has 162 valence electrons. The van der Waals surface area contributed by atoms with E-state index in [1.165, 1.54) is 18.4 Å². The average Bonchev–Trinajstić information content (AvgIpc) is 3.36. The van der Waals surface area contributed by atoms with E-state index >= 15 is 0 Å². The lowest BCUT2D eigenvalue weighted by Gasteiger charge is -2.25. The molecule has 1 aliphatic rings. The maximum Gasteiger partial charge on any atom is 0.335 e. The molecule has 1 saturated heterocycles. The van der Waals surface area contributed by atoms with Gasteiger partial charge in [-0.15, -0.1) is 0 Å². The molecule has 3 heterocycles. The van der Waals surface area contributed by atoms with E-state index in [9.17, 15) is 24.3 Å². The van der Waals surface area contributed by atoms with Crippen LogP contribution in [0.15, 0.2) is 58.7 Å². The molecule has 4 amide bonds. The summed E-state index contributed by atoms with van der Waals surface area (Å²) in [5, 5.41) is 11.5. The lowest BCUT2D eigenvalue weighted by molar-refractivity contribution is -0.130. The van der Waals surface area contributed by atoms with Crippen molar-refractivity contribution in [3.8, 4) is 5.69 Å². The van der Waals surface area contributed by atoms with E-state index in [1.807, 2.05) is 11.5 Å². The number of carbonyl (C=O) groups excluding carboxylic acids is 3. The molecule has 0 bridgehead atoms. The summed E-state index contributed by atoms with van der Waals surface area (Å²) in [4.78, 5) is 49.8. The molecular formula is C23H19N3O6. The van der Waals surface area contributed by atoms with Gasteiger partial charge in [0, 0.05) is 17.1 Å². The zero-order valence-electron chi connectivity index (χ0n) is 17.3. The first kappa shape index (κ1) is 20.9. The van der Waals surface area contributed by atoms with Crippen molar-refractivity contribution in [1.82, 2.24) is 14.8 Å². The first-order valence-corrected chi connectivity index (χ1v) is 9.70. The summed E-state index contributed by atoms with van der Waals surface area (Å²) in [6.45, 7) is 3.52. The third-order valence-corrected chi connectivity index (χ3v) is 5.20. The number of carbonyl (C=O) groups is 4. The summed E-state index contributed by atoms with van der Waals surface area (Å²) >= 11 is 0. The summed E-state index contributed by atoms with van der Waals surface area (Å²) in [7, 11) is 0. The Morgan fingerprint density at radius 2 is 1.91 bits per heavy atom. The second-order valence-electron chi connectivity index (χ2n) is 7.31. The van der Waals surface area contributed by atoms with Crippen LogP contribution in [-0.2, 0) is 16.1 Å². The van der Waals surface area contributed by atoms with Crippen molar-refractivity contribution in [3.63, 3.8) is 0 Å². The highest BCUT2D eigenvalue weighted by Gasteiger charge is 2.36. The molecule has 0 aliphatic carbocycles. The smallest absolute Gasteiger partial charge is 0.335 e. The van der Waals surface area contributed by atoms with E-state index in [1.54, 1.807) is 43.3 Å². The second kappa shape index (κ2) is 8.03. The number of aromatic nitrogens is 1. The van der Waals surface area contributed by atoms with Gasteiger partial charge in [0.25, 0.3) is 11.8 Å². The van der Waals surface area contributed by atoms with Gasteiger partial charge in [0.2, 0.25) is 0 Å². The molecule has 0 atom stereocenters. The Morgan fingerprint density at radius 1 is 1.12 bits per heavy atom. The zero-order chi connectivity index (χ0) is 23.0. The van der Waals surface area contributed by atoms with Crippen molar-refractivity contribution < 1.29 is 28.7 Å². The van der Waals surface area contributed by atoms with Gasteiger partial charge < -0.3 is 14.1 Å². The third kappa shape index (κ3) is 3.71. The predicted molar refractivity (Wildman–Crippen MR) is 113 cm³/mol. The molecule has 0 radical (unpaired) electrons. The average molecular weight is 433 g/mol. The fraction of sp³-hybridized carbons (Fsp3) is 0.130. The van der Waals surface area contributed by atoms with Crippen molar-refractivity contribution in [2.24, 2.45) is 0 Å². The Labute approximate surface area is 182 Å². The van der Waals surface area contributed by atoms with E-state index in [0.29, 0.717) is 22.7 Å². The number of hydrogen-bond acceptors (Lipinski definition) is 5. The van der Waals surface area contributed by atoms with Crippen LogP contribution < -0.4 is 5.32 Å². The minimum Gasteiger partial charge on any atom is -0.478 e. The molecule has 1 fully saturated rings. The summed E-state index contributed by atoms with van der Waals surface area (Å²) in [6, 6.07) is 10.7. The monoisotopic (exact) mass is 433 g/mol. The molecule has 1 aliphatic heterocycles. The van der Waals surface area contributed by atoms with Crippen molar-refractivity contribution in [1.29, 1.82) is 0 Å². The lowest BCUT2D eigenvalue weighted by Crippen LogP contribution is -2.53. The number of carboxylic acids is 1. The highest BCUT2D eigenvalue weighted by atomic mass is 16.4. The third-order valence-electron chi connectivity index (χ3n) is 5.20. The highest BCUT2D eigenvalue weighted by Crippen LogP contribution is 2.25. The van der Waals surface area contributed by atoms with Gasteiger partial charge >= 0.3 is 12.0 Å². The van der Waals surface area contributed by atoms with E-state index < -0.39 is 23.8 Å².